The van der Waals surface area contributed by atoms with Gasteiger partial charge in [-0.1, -0.05) is 32.0 Å². The summed E-state index contributed by atoms with van der Waals surface area (Å²) in [6.45, 7) is 4.00. The molecule has 0 heterocycles. The summed E-state index contributed by atoms with van der Waals surface area (Å²) in [5.74, 6) is 0.189. The quantitative estimate of drug-likeness (QED) is 0.669. The van der Waals surface area contributed by atoms with E-state index in [9.17, 15) is 9.18 Å². The van der Waals surface area contributed by atoms with E-state index in [0.29, 0.717) is 23.3 Å². The Morgan fingerprint density at radius 2 is 1.85 bits per heavy atom. The van der Waals surface area contributed by atoms with Gasteiger partial charge in [-0.25, -0.2) is 4.39 Å². The molecule has 0 N–H and O–H groups in total. The van der Waals surface area contributed by atoms with Crippen LogP contribution in [0.25, 0.3) is 0 Å². The highest BCUT2D eigenvalue weighted by Crippen LogP contribution is 2.33. The first kappa shape index (κ1) is 14.3. The van der Waals surface area contributed by atoms with Crippen LogP contribution in [0, 0.1) is 5.82 Å². The zero-order valence-corrected chi connectivity index (χ0v) is 11.9. The number of fused-ring (bicyclic) bond motifs is 2. The van der Waals surface area contributed by atoms with Gasteiger partial charge in [0.25, 0.3) is 0 Å². The van der Waals surface area contributed by atoms with Gasteiger partial charge < -0.3 is 4.74 Å². The maximum Gasteiger partial charge on any atom is 0.193 e. The smallest absolute Gasteiger partial charge is 0.193 e. The molecule has 0 aromatic heterocycles. The molecule has 0 spiro atoms. The lowest BCUT2D eigenvalue weighted by Gasteiger charge is -2.20. The molecule has 3 heteroatoms. The molecule has 2 aromatic rings. The maximum absolute atomic E-state index is 13.2. The molecular formula is C17H17FO2. The first-order chi connectivity index (χ1) is 9.70. The summed E-state index contributed by atoms with van der Waals surface area (Å²) in [6, 6.07) is 9.72. The summed E-state index contributed by atoms with van der Waals surface area (Å²) in [4.78, 5) is 12.3. The summed E-state index contributed by atoms with van der Waals surface area (Å²) in [5.41, 5.74) is 2.78. The van der Waals surface area contributed by atoms with Gasteiger partial charge in [-0.2, -0.15) is 0 Å². The van der Waals surface area contributed by atoms with Crippen LogP contribution in [0.2, 0.25) is 0 Å². The van der Waals surface area contributed by atoms with E-state index < -0.39 is 0 Å². The summed E-state index contributed by atoms with van der Waals surface area (Å²) in [6.07, 6.45) is 0.598. The van der Waals surface area contributed by atoms with Crippen molar-refractivity contribution in [2.45, 2.75) is 20.3 Å². The Balaban J connectivity index is 0.000000704. The van der Waals surface area contributed by atoms with Gasteiger partial charge >= 0.3 is 0 Å². The van der Waals surface area contributed by atoms with Crippen molar-refractivity contribution in [1.82, 2.24) is 0 Å². The Morgan fingerprint density at radius 1 is 1.10 bits per heavy atom. The van der Waals surface area contributed by atoms with Crippen molar-refractivity contribution in [3.8, 4) is 5.75 Å². The molecule has 20 heavy (non-hydrogen) atoms. The molecule has 2 aromatic carbocycles. The van der Waals surface area contributed by atoms with Crippen LogP contribution < -0.4 is 4.74 Å². The molecule has 0 unspecified atom stereocenters. The second-order valence-corrected chi connectivity index (χ2v) is 4.29. The van der Waals surface area contributed by atoms with Gasteiger partial charge in [-0.3, -0.25) is 4.79 Å². The molecular weight excluding hydrogens is 255 g/mol. The molecule has 0 bridgehead atoms. The molecule has 0 aliphatic heterocycles. The van der Waals surface area contributed by atoms with E-state index in [1.54, 1.807) is 25.3 Å². The molecule has 0 fully saturated rings. The molecule has 1 aliphatic rings. The number of benzene rings is 2. The van der Waals surface area contributed by atoms with Gasteiger partial charge in [0, 0.05) is 23.1 Å². The number of hydrogen-bond donors (Lipinski definition) is 0. The molecule has 0 saturated heterocycles. The molecule has 0 atom stereocenters. The normalized spacial score (nSPS) is 11.9. The highest BCUT2D eigenvalue weighted by atomic mass is 19.1. The molecule has 0 saturated carbocycles. The van der Waals surface area contributed by atoms with Crippen molar-refractivity contribution < 1.29 is 13.9 Å². The first-order valence-corrected chi connectivity index (χ1v) is 6.69. The van der Waals surface area contributed by atoms with Crippen molar-refractivity contribution in [3.05, 3.63) is 64.5 Å². The van der Waals surface area contributed by atoms with Gasteiger partial charge in [0.05, 0.1) is 7.11 Å². The third-order valence-corrected chi connectivity index (χ3v) is 3.28. The van der Waals surface area contributed by atoms with Crippen molar-refractivity contribution in [3.63, 3.8) is 0 Å². The lowest BCUT2D eigenvalue weighted by atomic mass is 9.84. The van der Waals surface area contributed by atoms with Crippen LogP contribution in [0.5, 0.6) is 5.75 Å². The molecule has 1 aliphatic carbocycles. The fraction of sp³-hybridized carbons (Fsp3) is 0.235. The number of carbonyl (C=O) groups is 1. The Bertz CT molecular complexity index is 647. The van der Waals surface area contributed by atoms with Gasteiger partial charge in [0.2, 0.25) is 0 Å². The van der Waals surface area contributed by atoms with Crippen LogP contribution in [-0.2, 0) is 6.42 Å². The topological polar surface area (TPSA) is 26.3 Å². The number of methoxy groups -OCH3 is 1. The number of ketones is 1. The van der Waals surface area contributed by atoms with E-state index in [0.717, 1.165) is 11.1 Å². The highest BCUT2D eigenvalue weighted by Gasteiger charge is 2.25. The van der Waals surface area contributed by atoms with Gasteiger partial charge in [-0.05, 0) is 23.8 Å². The van der Waals surface area contributed by atoms with Crippen molar-refractivity contribution >= 4 is 5.78 Å². The third-order valence-electron chi connectivity index (χ3n) is 3.28. The second kappa shape index (κ2) is 5.87. The van der Waals surface area contributed by atoms with Crippen molar-refractivity contribution in [2.75, 3.05) is 7.11 Å². The van der Waals surface area contributed by atoms with Crippen LogP contribution in [0.4, 0.5) is 4.39 Å². The number of halogens is 1. The fourth-order valence-corrected chi connectivity index (χ4v) is 2.40. The largest absolute Gasteiger partial charge is 0.496 e. The minimum Gasteiger partial charge on any atom is -0.496 e. The van der Waals surface area contributed by atoms with Crippen LogP contribution in [0.15, 0.2) is 36.4 Å². The maximum atomic E-state index is 13.2. The minimum atomic E-state index is -0.381. The summed E-state index contributed by atoms with van der Waals surface area (Å²) < 4.78 is 18.5. The predicted octanol–water partition coefficient (Wildman–Crippen LogP) is 4.00. The molecule has 2 nitrogen and oxygen atoms in total. The van der Waals surface area contributed by atoms with E-state index >= 15 is 0 Å². The third kappa shape index (κ3) is 2.31. The Labute approximate surface area is 118 Å². The Morgan fingerprint density at radius 3 is 2.55 bits per heavy atom. The summed E-state index contributed by atoms with van der Waals surface area (Å²) >= 11 is 0. The monoisotopic (exact) mass is 272 g/mol. The zero-order valence-electron chi connectivity index (χ0n) is 11.9. The standard InChI is InChI=1S/C15H11FO2.C2H6/c1-18-14-4-2-3-11-13(14)7-9-5-6-10(16)8-12(9)15(11)17;1-2/h2-6,8H,7H2,1H3;1-2H3. The van der Waals surface area contributed by atoms with Crippen molar-refractivity contribution in [1.29, 1.82) is 0 Å². The molecule has 104 valence electrons. The van der Waals surface area contributed by atoms with E-state index in [-0.39, 0.29) is 11.6 Å². The van der Waals surface area contributed by atoms with E-state index in [1.165, 1.54) is 12.1 Å². The van der Waals surface area contributed by atoms with Gasteiger partial charge in [-0.15, -0.1) is 0 Å². The lowest BCUT2D eigenvalue weighted by Crippen LogP contribution is -2.16. The fourth-order valence-electron chi connectivity index (χ4n) is 2.40. The number of rotatable bonds is 1. The number of ether oxygens (including phenoxy) is 1. The van der Waals surface area contributed by atoms with E-state index in [1.807, 2.05) is 19.9 Å². The van der Waals surface area contributed by atoms with E-state index in [2.05, 4.69) is 0 Å². The average Bonchev–Trinajstić information content (AvgIpc) is 2.50. The van der Waals surface area contributed by atoms with Gasteiger partial charge in [0.15, 0.2) is 5.78 Å². The predicted molar refractivity (Wildman–Crippen MR) is 77.0 cm³/mol. The van der Waals surface area contributed by atoms with E-state index in [4.69, 9.17) is 4.74 Å². The molecule has 3 rings (SSSR count). The van der Waals surface area contributed by atoms with Crippen LogP contribution in [0.1, 0.15) is 40.9 Å². The Hall–Kier alpha value is -2.16. The Kier molecular flexibility index (Phi) is 4.18. The minimum absolute atomic E-state index is 0.135. The lowest BCUT2D eigenvalue weighted by molar-refractivity contribution is 0.103. The van der Waals surface area contributed by atoms with Crippen molar-refractivity contribution in [2.24, 2.45) is 0 Å². The second-order valence-electron chi connectivity index (χ2n) is 4.29. The number of hydrogen-bond acceptors (Lipinski definition) is 2. The van der Waals surface area contributed by atoms with Crippen LogP contribution >= 0.6 is 0 Å². The van der Waals surface area contributed by atoms with Crippen LogP contribution in [0.3, 0.4) is 0 Å². The van der Waals surface area contributed by atoms with Gasteiger partial charge in [0.1, 0.15) is 11.6 Å². The SMILES string of the molecule is CC.COc1cccc2c1Cc1ccc(F)cc1C2=O. The average molecular weight is 272 g/mol. The summed E-state index contributed by atoms with van der Waals surface area (Å²) in [7, 11) is 1.58. The molecule has 0 amide bonds. The number of carbonyl (C=O) groups excluding carboxylic acids is 1. The molecule has 0 radical (unpaired) electrons. The summed E-state index contributed by atoms with van der Waals surface area (Å²) in [5, 5.41) is 0. The first-order valence-electron chi connectivity index (χ1n) is 6.69. The zero-order chi connectivity index (χ0) is 14.7. The highest BCUT2D eigenvalue weighted by molar-refractivity contribution is 6.12. The van der Waals surface area contributed by atoms with Crippen LogP contribution in [-0.4, -0.2) is 12.9 Å².